The predicted molar refractivity (Wildman–Crippen MR) is 98.7 cm³/mol. The molecule has 0 radical (unpaired) electrons. The minimum Gasteiger partial charge on any atom is -0.366 e. The van der Waals surface area contributed by atoms with Gasteiger partial charge in [0.05, 0.1) is 6.61 Å². The molecule has 1 atom stereocenters. The minimum absolute atomic E-state index is 0. The van der Waals surface area contributed by atoms with Gasteiger partial charge in [-0.25, -0.2) is 0 Å². The van der Waals surface area contributed by atoms with Crippen LogP contribution in [0.2, 0.25) is 0 Å². The summed E-state index contributed by atoms with van der Waals surface area (Å²) >= 11 is 0. The molecule has 23 heavy (non-hydrogen) atoms. The zero-order valence-electron chi connectivity index (χ0n) is 14.4. The largest absolute Gasteiger partial charge is 0.366 e. The average Bonchev–Trinajstić information content (AvgIpc) is 2.52. The number of nitrogens with zero attached hydrogens (tertiary/aromatic N) is 1. The molecule has 1 unspecified atom stereocenters. The van der Waals surface area contributed by atoms with E-state index in [2.05, 4.69) is 29.4 Å². The number of carbonyl (C=O) groups excluding carboxylic acids is 1. The Bertz CT molecular complexity index is 318. The Morgan fingerprint density at radius 3 is 2.57 bits per heavy atom. The topological polar surface area (TPSA) is 53.6 Å². The van der Waals surface area contributed by atoms with Gasteiger partial charge in [-0.3, -0.25) is 4.79 Å². The van der Waals surface area contributed by atoms with E-state index in [9.17, 15) is 4.79 Å². The fourth-order valence-electron chi connectivity index (χ4n) is 2.95. The van der Waals surface area contributed by atoms with Crippen molar-refractivity contribution in [2.75, 3.05) is 45.9 Å². The Morgan fingerprint density at radius 1 is 1.30 bits per heavy atom. The van der Waals surface area contributed by atoms with Crippen LogP contribution in [0.1, 0.15) is 33.1 Å². The van der Waals surface area contributed by atoms with Gasteiger partial charge in [0, 0.05) is 19.6 Å². The molecule has 7 heteroatoms. The van der Waals surface area contributed by atoms with Gasteiger partial charge in [0.1, 0.15) is 6.10 Å². The molecule has 2 saturated heterocycles. The van der Waals surface area contributed by atoms with Crippen molar-refractivity contribution in [1.29, 1.82) is 0 Å². The van der Waals surface area contributed by atoms with Crippen molar-refractivity contribution in [3.8, 4) is 0 Å². The van der Waals surface area contributed by atoms with Crippen LogP contribution in [-0.4, -0.2) is 62.8 Å². The van der Waals surface area contributed by atoms with Crippen LogP contribution >= 0.6 is 24.8 Å². The van der Waals surface area contributed by atoms with E-state index in [-0.39, 0.29) is 36.8 Å². The maximum Gasteiger partial charge on any atom is 0.250 e. The number of nitrogens with one attached hydrogen (secondary N) is 2. The van der Waals surface area contributed by atoms with Gasteiger partial charge < -0.3 is 20.3 Å². The fraction of sp³-hybridized carbons (Fsp3) is 0.938. The van der Waals surface area contributed by atoms with E-state index in [4.69, 9.17) is 4.74 Å². The summed E-state index contributed by atoms with van der Waals surface area (Å²) in [6.07, 6.45) is 3.38. The number of piperidine rings is 1. The van der Waals surface area contributed by atoms with Gasteiger partial charge in [0.2, 0.25) is 5.91 Å². The van der Waals surface area contributed by atoms with E-state index in [0.29, 0.717) is 19.1 Å². The third-order valence-electron chi connectivity index (χ3n) is 4.51. The molecule has 0 aromatic rings. The highest BCUT2D eigenvalue weighted by Gasteiger charge is 2.24. The summed E-state index contributed by atoms with van der Waals surface area (Å²) in [5.41, 5.74) is 0. The Kier molecular flexibility index (Phi) is 12.3. The molecule has 1 amide bonds. The number of carbonyl (C=O) groups is 1. The van der Waals surface area contributed by atoms with Gasteiger partial charge >= 0.3 is 0 Å². The molecule has 0 aromatic heterocycles. The Morgan fingerprint density at radius 2 is 2.00 bits per heavy atom. The highest BCUT2D eigenvalue weighted by molar-refractivity contribution is 5.85. The number of rotatable bonds is 6. The summed E-state index contributed by atoms with van der Waals surface area (Å²) in [6.45, 7) is 11.1. The van der Waals surface area contributed by atoms with Crippen LogP contribution in [0.3, 0.4) is 0 Å². The van der Waals surface area contributed by atoms with E-state index in [1.165, 1.54) is 38.9 Å². The molecule has 2 fully saturated rings. The second-order valence-electron chi connectivity index (χ2n) is 6.78. The number of ether oxygens (including phenoxy) is 1. The van der Waals surface area contributed by atoms with Crippen LogP contribution in [0.5, 0.6) is 0 Å². The molecule has 2 heterocycles. The van der Waals surface area contributed by atoms with Crippen molar-refractivity contribution >= 4 is 30.7 Å². The lowest BCUT2D eigenvalue weighted by molar-refractivity contribution is -0.134. The van der Waals surface area contributed by atoms with Crippen LogP contribution in [0, 0.1) is 11.8 Å². The van der Waals surface area contributed by atoms with Crippen molar-refractivity contribution in [1.82, 2.24) is 15.5 Å². The third-order valence-corrected chi connectivity index (χ3v) is 4.51. The van der Waals surface area contributed by atoms with Crippen LogP contribution in [-0.2, 0) is 9.53 Å². The van der Waals surface area contributed by atoms with E-state index >= 15 is 0 Å². The highest BCUT2D eigenvalue weighted by Crippen LogP contribution is 2.17. The lowest BCUT2D eigenvalue weighted by Gasteiger charge is -2.32. The maximum atomic E-state index is 12.0. The second kappa shape index (κ2) is 12.3. The normalized spacial score (nSPS) is 23.0. The van der Waals surface area contributed by atoms with Crippen LogP contribution in [0.15, 0.2) is 0 Å². The average molecular weight is 370 g/mol. The molecule has 0 saturated carbocycles. The van der Waals surface area contributed by atoms with Gasteiger partial charge in [0.25, 0.3) is 0 Å². The van der Waals surface area contributed by atoms with Gasteiger partial charge in [-0.2, -0.15) is 0 Å². The molecule has 0 aliphatic carbocycles. The SMILES string of the molecule is CC(C)CCN1CCC(CNC(=O)C2CNCCO2)CC1.Cl.Cl. The van der Waals surface area contributed by atoms with Crippen molar-refractivity contribution in [3.05, 3.63) is 0 Å². The smallest absolute Gasteiger partial charge is 0.250 e. The lowest BCUT2D eigenvalue weighted by Crippen LogP contribution is -2.49. The number of hydrogen-bond donors (Lipinski definition) is 2. The van der Waals surface area contributed by atoms with Crippen LogP contribution < -0.4 is 10.6 Å². The molecular formula is C16H33Cl2N3O2. The number of hydrogen-bond acceptors (Lipinski definition) is 4. The van der Waals surface area contributed by atoms with E-state index in [1.807, 2.05) is 0 Å². The van der Waals surface area contributed by atoms with Crippen LogP contribution in [0.4, 0.5) is 0 Å². The first-order valence-electron chi connectivity index (χ1n) is 8.47. The summed E-state index contributed by atoms with van der Waals surface area (Å²) in [6, 6.07) is 0. The summed E-state index contributed by atoms with van der Waals surface area (Å²) in [4.78, 5) is 14.6. The Labute approximate surface area is 153 Å². The molecule has 2 aliphatic heterocycles. The molecule has 0 spiro atoms. The van der Waals surface area contributed by atoms with Gasteiger partial charge in [-0.15, -0.1) is 24.8 Å². The highest BCUT2D eigenvalue weighted by atomic mass is 35.5. The molecule has 138 valence electrons. The van der Waals surface area contributed by atoms with E-state index in [0.717, 1.165) is 19.0 Å². The first kappa shape index (κ1) is 22.9. The molecular weight excluding hydrogens is 337 g/mol. The van der Waals surface area contributed by atoms with Crippen molar-refractivity contribution in [3.63, 3.8) is 0 Å². The van der Waals surface area contributed by atoms with Crippen molar-refractivity contribution in [2.45, 2.75) is 39.2 Å². The monoisotopic (exact) mass is 369 g/mol. The number of halogens is 2. The summed E-state index contributed by atoms with van der Waals surface area (Å²) in [7, 11) is 0. The lowest BCUT2D eigenvalue weighted by atomic mass is 9.96. The number of likely N-dealkylation sites (tertiary alicyclic amines) is 1. The van der Waals surface area contributed by atoms with Gasteiger partial charge in [-0.05, 0) is 50.7 Å². The third kappa shape index (κ3) is 8.54. The molecule has 0 bridgehead atoms. The first-order valence-corrected chi connectivity index (χ1v) is 8.47. The number of morpholine rings is 1. The zero-order valence-corrected chi connectivity index (χ0v) is 16.0. The van der Waals surface area contributed by atoms with Crippen molar-refractivity contribution in [2.24, 2.45) is 11.8 Å². The van der Waals surface area contributed by atoms with Crippen molar-refractivity contribution < 1.29 is 9.53 Å². The van der Waals surface area contributed by atoms with Crippen LogP contribution in [0.25, 0.3) is 0 Å². The van der Waals surface area contributed by atoms with Gasteiger partial charge in [-0.1, -0.05) is 13.8 Å². The first-order chi connectivity index (χ1) is 10.1. The molecule has 2 aliphatic rings. The molecule has 0 aromatic carbocycles. The summed E-state index contributed by atoms with van der Waals surface area (Å²) < 4.78 is 5.47. The Balaban J connectivity index is 0.00000242. The number of amides is 1. The van der Waals surface area contributed by atoms with E-state index < -0.39 is 0 Å². The van der Waals surface area contributed by atoms with E-state index in [1.54, 1.807) is 0 Å². The maximum absolute atomic E-state index is 12.0. The fourth-order valence-corrected chi connectivity index (χ4v) is 2.95. The quantitative estimate of drug-likeness (QED) is 0.747. The second-order valence-corrected chi connectivity index (χ2v) is 6.78. The molecule has 2 rings (SSSR count). The minimum atomic E-state index is -0.301. The summed E-state index contributed by atoms with van der Waals surface area (Å²) in [5.74, 6) is 1.45. The Hall–Kier alpha value is -0.0700. The standard InChI is InChI=1S/C16H31N3O2.2ClH/c1-13(2)3-7-19-8-4-14(5-9-19)11-18-16(20)15-12-17-6-10-21-15;;/h13-15,17H,3-12H2,1-2H3,(H,18,20);2*1H. The molecule has 5 nitrogen and oxygen atoms in total. The molecule has 2 N–H and O–H groups in total. The predicted octanol–water partition coefficient (Wildman–Crippen LogP) is 1.69. The zero-order chi connectivity index (χ0) is 15.1. The van der Waals surface area contributed by atoms with Gasteiger partial charge in [0.15, 0.2) is 0 Å². The summed E-state index contributed by atoms with van der Waals surface area (Å²) in [5, 5.41) is 6.25.